The first-order valence-corrected chi connectivity index (χ1v) is 5.56. The van der Waals surface area contributed by atoms with Gasteiger partial charge in [0.25, 0.3) is 0 Å². The number of aliphatic carboxylic acids is 1. The largest absolute Gasteiger partial charge is 0.481 e. The van der Waals surface area contributed by atoms with E-state index in [4.69, 9.17) is 9.84 Å². The molecule has 2 aromatic rings. The van der Waals surface area contributed by atoms with Crippen molar-refractivity contribution in [2.45, 2.75) is 13.0 Å². The number of aryl methyl sites for hydroxylation is 1. The summed E-state index contributed by atoms with van der Waals surface area (Å²) in [6, 6.07) is 9.67. The lowest BCUT2D eigenvalue weighted by Crippen LogP contribution is -2.02. The first kappa shape index (κ1) is 12.2. The summed E-state index contributed by atoms with van der Waals surface area (Å²) in [5.74, 6) is -0.517. The zero-order chi connectivity index (χ0) is 13.0. The molecule has 1 N–H and O–H groups in total. The lowest BCUT2D eigenvalue weighted by Gasteiger charge is -2.04. The Morgan fingerprint density at radius 3 is 2.78 bits per heavy atom. The summed E-state index contributed by atoms with van der Waals surface area (Å²) >= 11 is 0. The van der Waals surface area contributed by atoms with E-state index in [9.17, 15) is 4.79 Å². The van der Waals surface area contributed by atoms with Gasteiger partial charge in [0.15, 0.2) is 0 Å². The third kappa shape index (κ3) is 3.10. The second kappa shape index (κ2) is 5.35. The van der Waals surface area contributed by atoms with Gasteiger partial charge in [-0.1, -0.05) is 30.3 Å². The van der Waals surface area contributed by atoms with Gasteiger partial charge in [-0.05, 0) is 5.56 Å². The fourth-order valence-corrected chi connectivity index (χ4v) is 1.65. The fourth-order valence-electron chi connectivity index (χ4n) is 1.65. The first-order chi connectivity index (χ1) is 8.65. The van der Waals surface area contributed by atoms with E-state index in [0.29, 0.717) is 18.1 Å². The maximum Gasteiger partial charge on any atom is 0.308 e. The number of rotatable bonds is 5. The summed E-state index contributed by atoms with van der Waals surface area (Å²) in [4.78, 5) is 10.7. The number of nitrogens with zero attached hydrogens (tertiary/aromatic N) is 2. The SMILES string of the molecule is Cn1cc(CC(=O)O)c(OCc2ccccc2)n1. The number of hydrogen-bond acceptors (Lipinski definition) is 3. The van der Waals surface area contributed by atoms with Crippen molar-refractivity contribution in [3.05, 3.63) is 47.7 Å². The molecule has 0 fully saturated rings. The third-order valence-electron chi connectivity index (χ3n) is 2.43. The van der Waals surface area contributed by atoms with Crippen molar-refractivity contribution in [2.75, 3.05) is 0 Å². The minimum absolute atomic E-state index is 0.0854. The lowest BCUT2D eigenvalue weighted by molar-refractivity contribution is -0.136. The van der Waals surface area contributed by atoms with Crippen LogP contribution in [-0.2, 0) is 24.9 Å². The molecular formula is C13H14N2O3. The molecule has 0 saturated heterocycles. The van der Waals surface area contributed by atoms with E-state index in [1.54, 1.807) is 17.9 Å². The second-order valence-electron chi connectivity index (χ2n) is 3.98. The quantitative estimate of drug-likeness (QED) is 0.870. The molecule has 1 aromatic heterocycles. The third-order valence-corrected chi connectivity index (χ3v) is 2.43. The van der Waals surface area contributed by atoms with E-state index in [1.807, 2.05) is 30.3 Å². The predicted octanol–water partition coefficient (Wildman–Crippen LogP) is 1.63. The Balaban J connectivity index is 2.07. The number of hydrogen-bond donors (Lipinski definition) is 1. The number of benzene rings is 1. The summed E-state index contributed by atoms with van der Waals surface area (Å²) in [6.45, 7) is 0.379. The molecule has 94 valence electrons. The monoisotopic (exact) mass is 246 g/mol. The van der Waals surface area contributed by atoms with Crippen LogP contribution in [0.2, 0.25) is 0 Å². The first-order valence-electron chi connectivity index (χ1n) is 5.56. The summed E-state index contributed by atoms with van der Waals surface area (Å²) in [6.07, 6.45) is 1.58. The van der Waals surface area contributed by atoms with Crippen LogP contribution in [0.5, 0.6) is 5.88 Å². The minimum atomic E-state index is -0.896. The van der Waals surface area contributed by atoms with Crippen LogP contribution in [0.4, 0.5) is 0 Å². The number of aromatic nitrogens is 2. The molecule has 5 nitrogen and oxygen atoms in total. The summed E-state index contributed by atoms with van der Waals surface area (Å²) in [5.41, 5.74) is 1.60. The van der Waals surface area contributed by atoms with Gasteiger partial charge in [0.2, 0.25) is 5.88 Å². The van der Waals surface area contributed by atoms with Gasteiger partial charge in [-0.15, -0.1) is 5.10 Å². The van der Waals surface area contributed by atoms with Crippen molar-refractivity contribution in [3.8, 4) is 5.88 Å². The van der Waals surface area contributed by atoms with Gasteiger partial charge < -0.3 is 9.84 Å². The molecule has 0 bridgehead atoms. The van der Waals surface area contributed by atoms with Crippen molar-refractivity contribution < 1.29 is 14.6 Å². The molecule has 1 aromatic carbocycles. The van der Waals surface area contributed by atoms with Crippen LogP contribution >= 0.6 is 0 Å². The molecule has 1 heterocycles. The number of carboxylic acids is 1. The Hall–Kier alpha value is -2.30. The molecule has 18 heavy (non-hydrogen) atoms. The predicted molar refractivity (Wildman–Crippen MR) is 65.3 cm³/mol. The maximum absolute atomic E-state index is 10.7. The molecule has 2 rings (SSSR count). The van der Waals surface area contributed by atoms with Crippen LogP contribution in [0.25, 0.3) is 0 Å². The Morgan fingerprint density at radius 2 is 2.11 bits per heavy atom. The van der Waals surface area contributed by atoms with Crippen molar-refractivity contribution in [1.82, 2.24) is 9.78 Å². The van der Waals surface area contributed by atoms with Crippen molar-refractivity contribution in [3.63, 3.8) is 0 Å². The Bertz CT molecular complexity index is 534. The summed E-state index contributed by atoms with van der Waals surface area (Å²) < 4.78 is 7.10. The highest BCUT2D eigenvalue weighted by Crippen LogP contribution is 2.17. The van der Waals surface area contributed by atoms with Crippen LogP contribution < -0.4 is 4.74 Å². The van der Waals surface area contributed by atoms with Crippen molar-refractivity contribution >= 4 is 5.97 Å². The minimum Gasteiger partial charge on any atom is -0.481 e. The molecule has 0 unspecified atom stereocenters. The molecule has 0 spiro atoms. The molecule has 0 aliphatic heterocycles. The van der Waals surface area contributed by atoms with E-state index < -0.39 is 5.97 Å². The van der Waals surface area contributed by atoms with Crippen molar-refractivity contribution in [1.29, 1.82) is 0 Å². The Kier molecular flexibility index (Phi) is 3.62. The average molecular weight is 246 g/mol. The standard InChI is InChI=1S/C13H14N2O3/c1-15-8-11(7-12(16)17)13(14-15)18-9-10-5-3-2-4-6-10/h2-6,8H,7,9H2,1H3,(H,16,17). The van der Waals surface area contributed by atoms with Crippen LogP contribution in [0.1, 0.15) is 11.1 Å². The average Bonchev–Trinajstić information content (AvgIpc) is 2.67. The normalized spacial score (nSPS) is 10.3. The smallest absolute Gasteiger partial charge is 0.308 e. The van der Waals surface area contributed by atoms with E-state index in [1.165, 1.54) is 0 Å². The lowest BCUT2D eigenvalue weighted by atomic mass is 10.2. The molecule has 0 amide bonds. The molecule has 0 atom stereocenters. The highest BCUT2D eigenvalue weighted by molar-refractivity contribution is 5.70. The van der Waals surface area contributed by atoms with E-state index in [-0.39, 0.29) is 6.42 Å². The van der Waals surface area contributed by atoms with Gasteiger partial charge in [-0.3, -0.25) is 9.48 Å². The molecule has 0 aliphatic carbocycles. The van der Waals surface area contributed by atoms with Crippen molar-refractivity contribution in [2.24, 2.45) is 7.05 Å². The highest BCUT2D eigenvalue weighted by atomic mass is 16.5. The summed E-state index contributed by atoms with van der Waals surface area (Å²) in [7, 11) is 1.74. The van der Waals surface area contributed by atoms with Gasteiger partial charge >= 0.3 is 5.97 Å². The molecular weight excluding hydrogens is 232 g/mol. The second-order valence-corrected chi connectivity index (χ2v) is 3.98. The van der Waals surface area contributed by atoms with E-state index >= 15 is 0 Å². The van der Waals surface area contributed by atoms with Gasteiger partial charge in [0.1, 0.15) is 6.61 Å². The topological polar surface area (TPSA) is 64.4 Å². The molecule has 5 heteroatoms. The number of carbonyl (C=O) groups is 1. The number of ether oxygens (including phenoxy) is 1. The number of carboxylic acid groups (broad SMARTS) is 1. The van der Waals surface area contributed by atoms with E-state index in [0.717, 1.165) is 5.56 Å². The zero-order valence-corrected chi connectivity index (χ0v) is 10.0. The highest BCUT2D eigenvalue weighted by Gasteiger charge is 2.12. The Labute approximate surface area is 105 Å². The van der Waals surface area contributed by atoms with Gasteiger partial charge in [0.05, 0.1) is 6.42 Å². The zero-order valence-electron chi connectivity index (χ0n) is 10.0. The maximum atomic E-state index is 10.7. The van der Waals surface area contributed by atoms with Crippen LogP contribution in [-0.4, -0.2) is 20.9 Å². The molecule has 0 radical (unpaired) electrons. The molecule has 0 saturated carbocycles. The molecule has 0 aliphatic rings. The van der Waals surface area contributed by atoms with Gasteiger partial charge in [0, 0.05) is 18.8 Å². The Morgan fingerprint density at radius 1 is 1.39 bits per heavy atom. The van der Waals surface area contributed by atoms with Gasteiger partial charge in [-0.2, -0.15) is 0 Å². The fraction of sp³-hybridized carbons (Fsp3) is 0.231. The summed E-state index contributed by atoms with van der Waals surface area (Å²) in [5, 5.41) is 12.9. The van der Waals surface area contributed by atoms with Gasteiger partial charge in [-0.25, -0.2) is 0 Å². The van der Waals surface area contributed by atoms with Crippen LogP contribution in [0.3, 0.4) is 0 Å². The van der Waals surface area contributed by atoms with E-state index in [2.05, 4.69) is 5.10 Å². The van der Waals surface area contributed by atoms with Crippen LogP contribution in [0.15, 0.2) is 36.5 Å². The van der Waals surface area contributed by atoms with Crippen LogP contribution in [0, 0.1) is 0 Å².